The minimum Gasteiger partial charge on any atom is -0.494 e. The third-order valence-electron chi connectivity index (χ3n) is 10.0. The average molecular weight is 791 g/mol. The van der Waals surface area contributed by atoms with Crippen LogP contribution in [0.2, 0.25) is 0 Å². The largest absolute Gasteiger partial charge is 0.494 e. The van der Waals surface area contributed by atoms with Gasteiger partial charge in [-0.2, -0.15) is 0 Å². The van der Waals surface area contributed by atoms with Crippen molar-refractivity contribution in [1.29, 1.82) is 0 Å². The number of ether oxygens (including phenoxy) is 3. The first-order valence-electron chi connectivity index (χ1n) is 19.7. The predicted molar refractivity (Wildman–Crippen MR) is 238 cm³/mol. The fourth-order valence-electron chi connectivity index (χ4n) is 5.94. The van der Waals surface area contributed by atoms with Gasteiger partial charge < -0.3 is 24.0 Å². The second-order valence-corrected chi connectivity index (χ2v) is 17.8. The lowest BCUT2D eigenvalue weighted by molar-refractivity contribution is -0.116. The molecule has 9 heteroatoms. The lowest BCUT2D eigenvalue weighted by Gasteiger charge is -2.37. The summed E-state index contributed by atoms with van der Waals surface area (Å²) in [5.74, 6) is 2.12. The zero-order valence-corrected chi connectivity index (χ0v) is 36.7. The molecule has 55 heavy (non-hydrogen) atoms. The molecule has 0 saturated heterocycles. The van der Waals surface area contributed by atoms with E-state index < -0.39 is 0 Å². The molecule has 2 aromatic rings. The van der Waals surface area contributed by atoms with Crippen LogP contribution in [0.4, 0.5) is 0 Å². The molecule has 0 spiro atoms. The van der Waals surface area contributed by atoms with Gasteiger partial charge in [0.1, 0.15) is 11.5 Å². The van der Waals surface area contributed by atoms with Crippen LogP contribution in [0.15, 0.2) is 82.3 Å². The maximum Gasteiger partial charge on any atom is 0.195 e. The van der Waals surface area contributed by atoms with Crippen molar-refractivity contribution in [2.75, 3.05) is 59.3 Å². The molecule has 302 valence electrons. The van der Waals surface area contributed by atoms with Crippen LogP contribution in [0, 0.1) is 5.92 Å². The maximum absolute atomic E-state index is 13.0. The highest BCUT2D eigenvalue weighted by Crippen LogP contribution is 2.23. The van der Waals surface area contributed by atoms with Crippen LogP contribution in [0.5, 0.6) is 5.75 Å². The fraction of sp³-hybridized carbons (Fsp3) is 0.522. The number of thioether (sulfide) groups is 1. The van der Waals surface area contributed by atoms with Gasteiger partial charge in [-0.15, -0.1) is 23.1 Å². The van der Waals surface area contributed by atoms with Gasteiger partial charge in [0.25, 0.3) is 0 Å². The number of fused-ring (bicyclic) bond motifs is 1. The van der Waals surface area contributed by atoms with Gasteiger partial charge in [0.15, 0.2) is 11.2 Å². The van der Waals surface area contributed by atoms with E-state index in [-0.39, 0.29) is 28.3 Å². The SMILES string of the molecule is C/C=c1/c(=O)c2cc(OCCCN(C)CCC(C)(C)OCCC(C)(C)N(C)CCCOC3=CC(C)C(=O)/C=C/C=C\C=C(/C)SCC=C3)ccc2s/c1=C/C. The molecule has 1 atom stereocenters. The van der Waals surface area contributed by atoms with Crippen molar-refractivity contribution in [3.8, 4) is 5.75 Å². The van der Waals surface area contributed by atoms with Crippen LogP contribution in [-0.4, -0.2) is 86.0 Å². The Balaban J connectivity index is 1.37. The van der Waals surface area contributed by atoms with Crippen LogP contribution in [0.3, 0.4) is 0 Å². The Morgan fingerprint density at radius 2 is 1.64 bits per heavy atom. The first-order valence-corrected chi connectivity index (χ1v) is 21.5. The van der Waals surface area contributed by atoms with Crippen molar-refractivity contribution in [3.05, 3.63) is 97.4 Å². The number of carbonyl (C=O) groups is 1. The molecule has 1 aliphatic rings. The van der Waals surface area contributed by atoms with Crippen LogP contribution in [0.25, 0.3) is 22.2 Å². The molecule has 0 radical (unpaired) electrons. The van der Waals surface area contributed by atoms with Gasteiger partial charge in [-0.05, 0) is 130 Å². The number of nitrogens with zero attached hydrogens (tertiary/aromatic N) is 2. The van der Waals surface area contributed by atoms with Crippen LogP contribution >= 0.6 is 23.1 Å². The molecule has 0 fully saturated rings. The summed E-state index contributed by atoms with van der Waals surface area (Å²) in [5, 5.41) is 1.48. The summed E-state index contributed by atoms with van der Waals surface area (Å²) in [7, 11) is 4.32. The summed E-state index contributed by atoms with van der Waals surface area (Å²) in [5.41, 5.74) is -0.199. The first kappa shape index (κ1) is 46.2. The van der Waals surface area contributed by atoms with E-state index in [4.69, 9.17) is 14.2 Å². The third kappa shape index (κ3) is 16.1. The van der Waals surface area contributed by atoms with Crippen LogP contribution < -0.4 is 19.9 Å². The standard InChI is InChI=1S/C46H66N2O5S2/c1-11-39-42(12-2)55-43-23-22-38(34-40(43)44(39)50)52-29-17-26-47(9)28-24-46(7,8)53-31-25-45(5,6)48(10)27-18-30-51-37-20-16-32-54-36(4)19-14-13-15-21-41(49)35(3)33-37/h11-16,19-23,33-35H,17-18,24-32H2,1-10H3/b14-13-,20-16?,21-15+,36-19+,37-33?,39-11+,42-12+. The van der Waals surface area contributed by atoms with Gasteiger partial charge >= 0.3 is 0 Å². The van der Waals surface area contributed by atoms with Crippen LogP contribution in [-0.2, 0) is 14.3 Å². The highest BCUT2D eigenvalue weighted by atomic mass is 32.2. The Morgan fingerprint density at radius 1 is 0.891 bits per heavy atom. The molecule has 0 N–H and O–H groups in total. The molecule has 1 aromatic heterocycles. The average Bonchev–Trinajstić information content (AvgIpc) is 3.14. The lowest BCUT2D eigenvalue weighted by atomic mass is 9.98. The van der Waals surface area contributed by atoms with E-state index in [9.17, 15) is 9.59 Å². The van der Waals surface area contributed by atoms with Gasteiger partial charge in [-0.25, -0.2) is 0 Å². The second kappa shape index (κ2) is 23.1. The van der Waals surface area contributed by atoms with Gasteiger partial charge in [-0.3, -0.25) is 9.59 Å². The molecule has 3 rings (SSSR count). The molecule has 1 aliphatic heterocycles. The van der Waals surface area contributed by atoms with E-state index in [2.05, 4.69) is 70.7 Å². The highest BCUT2D eigenvalue weighted by molar-refractivity contribution is 8.03. The number of allylic oxidation sites excluding steroid dienone is 8. The monoisotopic (exact) mass is 790 g/mol. The molecule has 1 unspecified atom stereocenters. The quantitative estimate of drug-likeness (QED) is 0.139. The van der Waals surface area contributed by atoms with E-state index >= 15 is 0 Å². The Kier molecular flexibility index (Phi) is 19.4. The molecule has 0 amide bonds. The van der Waals surface area contributed by atoms with Crippen molar-refractivity contribution in [1.82, 2.24) is 9.80 Å². The molecule has 0 bridgehead atoms. The molecular weight excluding hydrogens is 725 g/mol. The first-order chi connectivity index (χ1) is 26.2. The summed E-state index contributed by atoms with van der Waals surface area (Å²) >= 11 is 3.41. The minimum atomic E-state index is -0.261. The third-order valence-corrected chi connectivity index (χ3v) is 12.2. The van der Waals surface area contributed by atoms with E-state index in [0.717, 1.165) is 82.4 Å². The van der Waals surface area contributed by atoms with E-state index in [0.29, 0.717) is 19.8 Å². The smallest absolute Gasteiger partial charge is 0.195 e. The van der Waals surface area contributed by atoms with Gasteiger partial charge in [0, 0.05) is 63.3 Å². The number of rotatable bonds is 18. The Bertz CT molecular complexity index is 1890. The molecule has 7 nitrogen and oxygen atoms in total. The van der Waals surface area contributed by atoms with Crippen molar-refractivity contribution >= 4 is 51.1 Å². The van der Waals surface area contributed by atoms with Crippen molar-refractivity contribution in [2.24, 2.45) is 5.92 Å². The second-order valence-electron chi connectivity index (χ2n) is 15.5. The summed E-state index contributed by atoms with van der Waals surface area (Å²) in [6, 6.07) is 5.85. The molecule has 1 aromatic carbocycles. The summed E-state index contributed by atoms with van der Waals surface area (Å²) in [6.45, 7) is 21.4. The van der Waals surface area contributed by atoms with Gasteiger partial charge in [-0.1, -0.05) is 49.5 Å². The van der Waals surface area contributed by atoms with Gasteiger partial charge in [0.05, 0.1) is 18.8 Å². The zero-order chi connectivity index (χ0) is 40.4. The number of ketones is 1. The van der Waals surface area contributed by atoms with Crippen LogP contribution in [0.1, 0.15) is 81.1 Å². The van der Waals surface area contributed by atoms with Crippen molar-refractivity contribution in [2.45, 2.75) is 92.2 Å². The minimum absolute atomic E-state index is 0.0323. The summed E-state index contributed by atoms with van der Waals surface area (Å²) < 4.78 is 20.7. The van der Waals surface area contributed by atoms with Crippen molar-refractivity contribution in [3.63, 3.8) is 0 Å². The summed E-state index contributed by atoms with van der Waals surface area (Å²) in [6.07, 6.45) is 22.9. The lowest BCUT2D eigenvalue weighted by Crippen LogP contribution is -2.43. The maximum atomic E-state index is 13.0. The number of hydrogen-bond donors (Lipinski definition) is 0. The van der Waals surface area contributed by atoms with Gasteiger partial charge in [0.2, 0.25) is 0 Å². The predicted octanol–water partition coefficient (Wildman–Crippen LogP) is 8.66. The Morgan fingerprint density at radius 3 is 2.38 bits per heavy atom. The molecule has 0 saturated carbocycles. The van der Waals surface area contributed by atoms with E-state index in [1.165, 1.54) is 4.91 Å². The van der Waals surface area contributed by atoms with E-state index in [1.807, 2.05) is 75.4 Å². The number of carbonyl (C=O) groups excluding carboxylic acids is 1. The topological polar surface area (TPSA) is 68.3 Å². The Labute approximate surface area is 339 Å². The molecular formula is C46H66N2O5S2. The number of hydrogen-bond acceptors (Lipinski definition) is 9. The normalized spacial score (nSPS) is 19.1. The fourth-order valence-corrected chi connectivity index (χ4v) is 7.65. The molecule has 2 heterocycles. The van der Waals surface area contributed by atoms with Crippen molar-refractivity contribution < 1.29 is 19.0 Å². The molecule has 0 aliphatic carbocycles. The summed E-state index contributed by atoms with van der Waals surface area (Å²) in [4.78, 5) is 31.6. The Hall–Kier alpha value is -3.21. The zero-order valence-electron chi connectivity index (χ0n) is 35.1. The van der Waals surface area contributed by atoms with E-state index in [1.54, 1.807) is 35.3 Å². The number of benzene rings is 1. The highest BCUT2D eigenvalue weighted by Gasteiger charge is 2.26.